The molecule has 108 valence electrons. The second kappa shape index (κ2) is 5.58. The summed E-state index contributed by atoms with van der Waals surface area (Å²) in [6.45, 7) is 0. The van der Waals surface area contributed by atoms with Crippen molar-refractivity contribution in [1.82, 2.24) is 4.98 Å². The molecule has 0 radical (unpaired) electrons. The Morgan fingerprint density at radius 1 is 1.29 bits per heavy atom. The Bertz CT molecular complexity index is 781. The number of methoxy groups -OCH3 is 1. The van der Waals surface area contributed by atoms with E-state index in [4.69, 9.17) is 5.11 Å². The molecular formula is C14H10FNO5. The summed E-state index contributed by atoms with van der Waals surface area (Å²) in [6.07, 6.45) is 1.17. The third kappa shape index (κ3) is 2.81. The summed E-state index contributed by atoms with van der Waals surface area (Å²) < 4.78 is 18.4. The van der Waals surface area contributed by atoms with Crippen molar-refractivity contribution in [1.29, 1.82) is 0 Å². The first kappa shape index (κ1) is 14.4. The zero-order valence-corrected chi connectivity index (χ0v) is 10.8. The highest BCUT2D eigenvalue weighted by molar-refractivity contribution is 5.92. The van der Waals surface area contributed by atoms with Crippen molar-refractivity contribution in [2.75, 3.05) is 7.11 Å². The van der Waals surface area contributed by atoms with Crippen LogP contribution in [0.1, 0.15) is 20.7 Å². The van der Waals surface area contributed by atoms with Crippen molar-refractivity contribution in [2.45, 2.75) is 0 Å². The number of hydrogen-bond donors (Lipinski definition) is 2. The molecule has 6 nitrogen and oxygen atoms in total. The Kier molecular flexibility index (Phi) is 3.84. The van der Waals surface area contributed by atoms with Gasteiger partial charge in [-0.05, 0) is 24.3 Å². The van der Waals surface area contributed by atoms with Gasteiger partial charge in [-0.15, -0.1) is 0 Å². The molecule has 1 heterocycles. The normalized spacial score (nSPS) is 10.2. The third-order valence-electron chi connectivity index (χ3n) is 2.83. The summed E-state index contributed by atoms with van der Waals surface area (Å²) in [4.78, 5) is 35.9. The number of esters is 1. The second-order valence-corrected chi connectivity index (χ2v) is 4.12. The van der Waals surface area contributed by atoms with Crippen LogP contribution in [0.3, 0.4) is 0 Å². The number of aromatic amines is 1. The number of benzene rings is 1. The number of H-pyrrole nitrogens is 1. The largest absolute Gasteiger partial charge is 0.477 e. The molecule has 0 saturated carbocycles. The summed E-state index contributed by atoms with van der Waals surface area (Å²) in [5.74, 6) is -2.74. The van der Waals surface area contributed by atoms with Crippen molar-refractivity contribution in [3.05, 3.63) is 57.8 Å². The molecule has 0 unspecified atom stereocenters. The van der Waals surface area contributed by atoms with Crippen LogP contribution in [0.15, 0.2) is 35.3 Å². The molecule has 0 amide bonds. The van der Waals surface area contributed by atoms with Gasteiger partial charge in [-0.1, -0.05) is 0 Å². The van der Waals surface area contributed by atoms with E-state index in [0.717, 1.165) is 12.1 Å². The molecular weight excluding hydrogens is 281 g/mol. The zero-order valence-electron chi connectivity index (χ0n) is 10.8. The molecule has 0 fully saturated rings. The minimum absolute atomic E-state index is 0.0170. The number of carboxylic acids is 1. The first-order valence-corrected chi connectivity index (χ1v) is 5.78. The number of carboxylic acid groups (broad SMARTS) is 1. The number of aromatic nitrogens is 1. The average molecular weight is 291 g/mol. The fraction of sp³-hybridized carbons (Fsp3) is 0.0714. The number of nitrogens with one attached hydrogen (secondary N) is 1. The lowest BCUT2D eigenvalue weighted by molar-refractivity contribution is 0.0599. The highest BCUT2D eigenvalue weighted by Gasteiger charge is 2.15. The highest BCUT2D eigenvalue weighted by atomic mass is 19.1. The molecule has 0 saturated heterocycles. The molecule has 0 bridgehead atoms. The molecule has 1 aromatic carbocycles. The van der Waals surface area contributed by atoms with E-state index in [0.29, 0.717) is 0 Å². The van der Waals surface area contributed by atoms with Gasteiger partial charge in [-0.3, -0.25) is 4.79 Å². The van der Waals surface area contributed by atoms with Crippen LogP contribution >= 0.6 is 0 Å². The number of hydrogen-bond acceptors (Lipinski definition) is 4. The molecule has 0 spiro atoms. The fourth-order valence-electron chi connectivity index (χ4n) is 1.79. The molecule has 7 heteroatoms. The van der Waals surface area contributed by atoms with Gasteiger partial charge in [0.25, 0.3) is 5.56 Å². The van der Waals surface area contributed by atoms with Crippen LogP contribution in [0.2, 0.25) is 0 Å². The highest BCUT2D eigenvalue weighted by Crippen LogP contribution is 2.24. The Morgan fingerprint density at radius 3 is 2.62 bits per heavy atom. The molecule has 2 N–H and O–H groups in total. The lowest BCUT2D eigenvalue weighted by Crippen LogP contribution is -2.16. The number of rotatable bonds is 3. The van der Waals surface area contributed by atoms with E-state index < -0.39 is 28.9 Å². The first-order valence-electron chi connectivity index (χ1n) is 5.78. The summed E-state index contributed by atoms with van der Waals surface area (Å²) in [6, 6.07) is 4.57. The molecule has 0 atom stereocenters. The molecule has 0 aliphatic rings. The maximum absolute atomic E-state index is 13.9. The van der Waals surface area contributed by atoms with Gasteiger partial charge in [0, 0.05) is 17.3 Å². The number of aromatic carboxylic acids is 1. The molecule has 1 aromatic heterocycles. The summed E-state index contributed by atoms with van der Waals surface area (Å²) in [7, 11) is 1.19. The smallest absolute Gasteiger partial charge is 0.341 e. The topological polar surface area (TPSA) is 96.5 Å². The van der Waals surface area contributed by atoms with E-state index in [-0.39, 0.29) is 16.7 Å². The van der Waals surface area contributed by atoms with Gasteiger partial charge in [0.1, 0.15) is 11.4 Å². The number of ether oxygens (including phenoxy) is 1. The Hall–Kier alpha value is -2.96. The summed E-state index contributed by atoms with van der Waals surface area (Å²) in [5.41, 5.74) is -1.09. The van der Waals surface area contributed by atoms with Crippen LogP contribution in [0.4, 0.5) is 4.39 Å². The average Bonchev–Trinajstić information content (AvgIpc) is 2.47. The van der Waals surface area contributed by atoms with Crippen molar-refractivity contribution < 1.29 is 23.8 Å². The standard InChI is InChI=1S/C14H10FNO5/c1-21-14(20)7-2-3-11(15)9(4-7)8-5-10(13(18)19)12(17)16-6-8/h2-6H,1H3,(H,16,17)(H,18,19). The van der Waals surface area contributed by atoms with Gasteiger partial charge in [0.2, 0.25) is 0 Å². The molecule has 0 aliphatic heterocycles. The maximum atomic E-state index is 13.9. The Balaban J connectivity index is 2.61. The Morgan fingerprint density at radius 2 is 2.00 bits per heavy atom. The van der Waals surface area contributed by atoms with Gasteiger partial charge in [0.05, 0.1) is 12.7 Å². The van der Waals surface area contributed by atoms with Crippen molar-refractivity contribution in [3.63, 3.8) is 0 Å². The van der Waals surface area contributed by atoms with Crippen molar-refractivity contribution >= 4 is 11.9 Å². The van der Waals surface area contributed by atoms with E-state index in [1.807, 2.05) is 0 Å². The molecule has 0 aliphatic carbocycles. The fourth-order valence-corrected chi connectivity index (χ4v) is 1.79. The van der Waals surface area contributed by atoms with Crippen molar-refractivity contribution in [2.24, 2.45) is 0 Å². The van der Waals surface area contributed by atoms with Crippen LogP contribution in [-0.2, 0) is 4.74 Å². The van der Waals surface area contributed by atoms with E-state index >= 15 is 0 Å². The minimum Gasteiger partial charge on any atom is -0.477 e. The quantitative estimate of drug-likeness (QED) is 0.838. The SMILES string of the molecule is COC(=O)c1ccc(F)c(-c2c[nH]c(=O)c(C(=O)O)c2)c1. The van der Waals surface area contributed by atoms with Crippen LogP contribution < -0.4 is 5.56 Å². The van der Waals surface area contributed by atoms with E-state index in [9.17, 15) is 18.8 Å². The monoisotopic (exact) mass is 291 g/mol. The van der Waals surface area contributed by atoms with Crippen LogP contribution in [-0.4, -0.2) is 29.1 Å². The van der Waals surface area contributed by atoms with Gasteiger partial charge in [0.15, 0.2) is 0 Å². The first-order chi connectivity index (χ1) is 9.93. The van der Waals surface area contributed by atoms with E-state index in [1.165, 1.54) is 25.4 Å². The van der Waals surface area contributed by atoms with Gasteiger partial charge in [-0.25, -0.2) is 14.0 Å². The minimum atomic E-state index is -1.43. The summed E-state index contributed by atoms with van der Waals surface area (Å²) in [5, 5.41) is 8.90. The van der Waals surface area contributed by atoms with Crippen LogP contribution in [0, 0.1) is 5.82 Å². The van der Waals surface area contributed by atoms with Gasteiger partial charge >= 0.3 is 11.9 Å². The molecule has 21 heavy (non-hydrogen) atoms. The van der Waals surface area contributed by atoms with Gasteiger partial charge < -0.3 is 14.8 Å². The predicted molar refractivity (Wildman–Crippen MR) is 70.8 cm³/mol. The number of carbonyl (C=O) groups is 2. The Labute approximate surface area is 117 Å². The lowest BCUT2D eigenvalue weighted by Gasteiger charge is -2.06. The van der Waals surface area contributed by atoms with E-state index in [2.05, 4.69) is 9.72 Å². The van der Waals surface area contributed by atoms with E-state index in [1.54, 1.807) is 0 Å². The molecule has 2 rings (SSSR count). The van der Waals surface area contributed by atoms with Crippen LogP contribution in [0.5, 0.6) is 0 Å². The molecule has 2 aromatic rings. The van der Waals surface area contributed by atoms with Crippen LogP contribution in [0.25, 0.3) is 11.1 Å². The predicted octanol–water partition coefficient (Wildman–Crippen LogP) is 1.67. The number of pyridine rings is 1. The van der Waals surface area contributed by atoms with Crippen molar-refractivity contribution in [3.8, 4) is 11.1 Å². The number of carbonyl (C=O) groups excluding carboxylic acids is 1. The number of halogens is 1. The zero-order chi connectivity index (χ0) is 15.6. The van der Waals surface area contributed by atoms with Gasteiger partial charge in [-0.2, -0.15) is 0 Å². The third-order valence-corrected chi connectivity index (χ3v) is 2.83. The maximum Gasteiger partial charge on any atom is 0.341 e. The summed E-state index contributed by atoms with van der Waals surface area (Å²) >= 11 is 0. The lowest BCUT2D eigenvalue weighted by atomic mass is 10.0. The second-order valence-electron chi connectivity index (χ2n) is 4.12.